The van der Waals surface area contributed by atoms with E-state index in [1.54, 1.807) is 24.3 Å². The van der Waals surface area contributed by atoms with Gasteiger partial charge in [0, 0.05) is 0 Å². The Morgan fingerprint density at radius 2 is 1.71 bits per heavy atom. The molecular weight excluding hydrogens is 292 g/mol. The molecular formula is C13H12N4O3S. The van der Waals surface area contributed by atoms with E-state index in [4.69, 9.17) is 5.73 Å². The van der Waals surface area contributed by atoms with E-state index < -0.39 is 10.0 Å². The summed E-state index contributed by atoms with van der Waals surface area (Å²) in [7, 11) is -3.78. The van der Waals surface area contributed by atoms with Crippen molar-refractivity contribution in [3.63, 3.8) is 0 Å². The Kier molecular flexibility index (Phi) is 2.95. The molecule has 0 saturated carbocycles. The first kappa shape index (κ1) is 13.3. The molecule has 0 aliphatic heterocycles. The first-order chi connectivity index (χ1) is 9.95. The fourth-order valence-electron chi connectivity index (χ4n) is 2.03. The van der Waals surface area contributed by atoms with Gasteiger partial charge in [-0.1, -0.05) is 12.1 Å². The number of hydrogen-bond donors (Lipinski definition) is 4. The van der Waals surface area contributed by atoms with Crippen molar-refractivity contribution in [2.75, 3.05) is 10.5 Å². The number of rotatable bonds is 3. The molecule has 1 aromatic heterocycles. The van der Waals surface area contributed by atoms with Crippen LogP contribution in [0.25, 0.3) is 11.0 Å². The zero-order chi connectivity index (χ0) is 15.0. The number of nitrogens with one attached hydrogen (secondary N) is 3. The van der Waals surface area contributed by atoms with Crippen LogP contribution in [0.3, 0.4) is 0 Å². The molecule has 0 radical (unpaired) electrons. The van der Waals surface area contributed by atoms with E-state index in [0.717, 1.165) is 0 Å². The fraction of sp³-hybridized carbons (Fsp3) is 0. The average Bonchev–Trinajstić information content (AvgIpc) is 2.78. The summed E-state index contributed by atoms with van der Waals surface area (Å²) in [5, 5.41) is 0. The number of aromatic amines is 2. The molecule has 0 aliphatic carbocycles. The summed E-state index contributed by atoms with van der Waals surface area (Å²) >= 11 is 0. The van der Waals surface area contributed by atoms with E-state index in [1.165, 1.54) is 18.2 Å². The van der Waals surface area contributed by atoms with Crippen molar-refractivity contribution in [3.05, 3.63) is 52.9 Å². The van der Waals surface area contributed by atoms with Crippen molar-refractivity contribution < 1.29 is 8.42 Å². The maximum absolute atomic E-state index is 12.3. The summed E-state index contributed by atoms with van der Waals surface area (Å²) in [6.45, 7) is 0. The quantitative estimate of drug-likeness (QED) is 0.544. The van der Waals surface area contributed by atoms with Gasteiger partial charge in [-0.25, -0.2) is 13.2 Å². The van der Waals surface area contributed by atoms with Crippen molar-refractivity contribution in [3.8, 4) is 0 Å². The number of benzene rings is 2. The van der Waals surface area contributed by atoms with Crippen LogP contribution in [0.4, 0.5) is 11.4 Å². The van der Waals surface area contributed by atoms with Gasteiger partial charge < -0.3 is 15.7 Å². The van der Waals surface area contributed by atoms with Gasteiger partial charge in [0.15, 0.2) is 0 Å². The topological polar surface area (TPSA) is 121 Å². The van der Waals surface area contributed by atoms with Crippen LogP contribution < -0.4 is 16.1 Å². The van der Waals surface area contributed by atoms with E-state index in [0.29, 0.717) is 16.7 Å². The summed E-state index contributed by atoms with van der Waals surface area (Å²) in [4.78, 5) is 16.3. The molecule has 0 amide bonds. The third-order valence-corrected chi connectivity index (χ3v) is 4.43. The van der Waals surface area contributed by atoms with Gasteiger partial charge in [-0.2, -0.15) is 0 Å². The lowest BCUT2D eigenvalue weighted by Crippen LogP contribution is -2.14. The Morgan fingerprint density at radius 3 is 2.48 bits per heavy atom. The van der Waals surface area contributed by atoms with Gasteiger partial charge in [0.1, 0.15) is 4.90 Å². The van der Waals surface area contributed by atoms with E-state index in [2.05, 4.69) is 14.7 Å². The van der Waals surface area contributed by atoms with E-state index in [1.807, 2.05) is 0 Å². The van der Waals surface area contributed by atoms with Crippen molar-refractivity contribution >= 4 is 32.4 Å². The number of hydrogen-bond acceptors (Lipinski definition) is 4. The van der Waals surface area contributed by atoms with Crippen LogP contribution in [0.5, 0.6) is 0 Å². The number of anilines is 2. The lowest BCUT2D eigenvalue weighted by atomic mass is 10.3. The first-order valence-corrected chi connectivity index (χ1v) is 7.53. The summed E-state index contributed by atoms with van der Waals surface area (Å²) < 4.78 is 27.0. The second-order valence-electron chi connectivity index (χ2n) is 4.48. The number of nitrogen functional groups attached to an aromatic ring is 1. The fourth-order valence-corrected chi connectivity index (χ4v) is 3.21. The predicted molar refractivity (Wildman–Crippen MR) is 80.6 cm³/mol. The van der Waals surface area contributed by atoms with Crippen molar-refractivity contribution in [1.29, 1.82) is 0 Å². The molecule has 21 heavy (non-hydrogen) atoms. The number of nitrogens with two attached hydrogens (primary N) is 1. The number of para-hydroxylation sites is 1. The van der Waals surface area contributed by atoms with Crippen LogP contribution in [0.2, 0.25) is 0 Å². The highest BCUT2D eigenvalue weighted by molar-refractivity contribution is 7.92. The number of H-pyrrole nitrogens is 2. The molecule has 7 nitrogen and oxygen atoms in total. The maximum Gasteiger partial charge on any atom is 0.323 e. The van der Waals surface area contributed by atoms with Crippen molar-refractivity contribution in [2.24, 2.45) is 0 Å². The SMILES string of the molecule is Nc1ccccc1S(=O)(=O)Nc1ccc2[nH]c(=O)[nH]c2c1. The highest BCUT2D eigenvalue weighted by atomic mass is 32.2. The minimum absolute atomic E-state index is 0.00709. The van der Waals surface area contributed by atoms with Gasteiger partial charge in [0.25, 0.3) is 10.0 Å². The third kappa shape index (κ3) is 2.48. The van der Waals surface area contributed by atoms with Crippen LogP contribution >= 0.6 is 0 Å². The molecule has 3 aromatic rings. The highest BCUT2D eigenvalue weighted by Crippen LogP contribution is 2.22. The molecule has 108 valence electrons. The first-order valence-electron chi connectivity index (χ1n) is 6.05. The molecule has 0 spiro atoms. The maximum atomic E-state index is 12.3. The largest absolute Gasteiger partial charge is 0.398 e. The standard InChI is InChI=1S/C13H12N4O3S/c14-9-3-1-2-4-12(9)21(19,20)17-8-5-6-10-11(7-8)16-13(18)15-10/h1-7,17H,14H2,(H2,15,16,18). The molecule has 0 bridgehead atoms. The molecule has 2 aromatic carbocycles. The zero-order valence-corrected chi connectivity index (χ0v) is 11.6. The second-order valence-corrected chi connectivity index (χ2v) is 6.13. The van der Waals surface area contributed by atoms with Crippen molar-refractivity contribution in [2.45, 2.75) is 4.90 Å². The number of aromatic nitrogens is 2. The van der Waals surface area contributed by atoms with Gasteiger partial charge in [0.05, 0.1) is 22.4 Å². The van der Waals surface area contributed by atoms with Gasteiger partial charge in [-0.05, 0) is 30.3 Å². The summed E-state index contributed by atoms with van der Waals surface area (Å²) in [6.07, 6.45) is 0. The average molecular weight is 304 g/mol. The monoisotopic (exact) mass is 304 g/mol. The van der Waals surface area contributed by atoms with Crippen LogP contribution in [0, 0.1) is 0 Å². The Labute approximate surface area is 119 Å². The normalized spacial score (nSPS) is 11.6. The number of sulfonamides is 1. The van der Waals surface area contributed by atoms with Crippen molar-refractivity contribution in [1.82, 2.24) is 9.97 Å². The minimum atomic E-state index is -3.78. The van der Waals surface area contributed by atoms with Gasteiger partial charge in [0.2, 0.25) is 0 Å². The Morgan fingerprint density at radius 1 is 1.00 bits per heavy atom. The molecule has 5 N–H and O–H groups in total. The summed E-state index contributed by atoms with van der Waals surface area (Å²) in [5.41, 5.74) is 6.95. The molecule has 0 unspecified atom stereocenters. The number of fused-ring (bicyclic) bond motifs is 1. The zero-order valence-electron chi connectivity index (χ0n) is 10.8. The minimum Gasteiger partial charge on any atom is -0.398 e. The number of imidazole rings is 1. The van der Waals surface area contributed by atoms with Crippen LogP contribution in [0.1, 0.15) is 0 Å². The molecule has 8 heteroatoms. The summed E-state index contributed by atoms with van der Waals surface area (Å²) in [6, 6.07) is 10.9. The Hall–Kier alpha value is -2.74. The smallest absolute Gasteiger partial charge is 0.323 e. The highest BCUT2D eigenvalue weighted by Gasteiger charge is 2.17. The van der Waals surface area contributed by atoms with Crippen LogP contribution in [-0.2, 0) is 10.0 Å². The summed E-state index contributed by atoms with van der Waals surface area (Å²) in [5.74, 6) is 0. The lowest BCUT2D eigenvalue weighted by molar-refractivity contribution is 0.601. The Bertz CT molecular complexity index is 972. The van der Waals surface area contributed by atoms with Gasteiger partial charge in [-0.15, -0.1) is 0 Å². The molecule has 3 rings (SSSR count). The van der Waals surface area contributed by atoms with Crippen LogP contribution in [-0.4, -0.2) is 18.4 Å². The van der Waals surface area contributed by atoms with E-state index in [9.17, 15) is 13.2 Å². The molecule has 0 fully saturated rings. The second kappa shape index (κ2) is 4.67. The third-order valence-electron chi connectivity index (χ3n) is 2.98. The van der Waals surface area contributed by atoms with Gasteiger partial charge >= 0.3 is 5.69 Å². The molecule has 0 aliphatic rings. The van der Waals surface area contributed by atoms with Gasteiger partial charge in [-0.3, -0.25) is 4.72 Å². The van der Waals surface area contributed by atoms with E-state index >= 15 is 0 Å². The predicted octanol–water partition coefficient (Wildman–Crippen LogP) is 1.24. The van der Waals surface area contributed by atoms with Crippen LogP contribution in [0.15, 0.2) is 52.2 Å². The molecule has 0 saturated heterocycles. The molecule has 0 atom stereocenters. The molecule has 1 heterocycles. The Balaban J connectivity index is 2.01. The lowest BCUT2D eigenvalue weighted by Gasteiger charge is -2.09. The van der Waals surface area contributed by atoms with E-state index in [-0.39, 0.29) is 16.3 Å².